The summed E-state index contributed by atoms with van der Waals surface area (Å²) < 4.78 is 31.4. The number of allylic oxidation sites excluding steroid dienone is 24. The molecule has 0 spiro atoms. The zero-order valence-corrected chi connectivity index (χ0v) is 50.0. The number of unbranched alkanes of at least 4 members (excludes halogenated alkanes) is 12. The molecule has 0 aromatic heterocycles. The van der Waals surface area contributed by atoms with Crippen LogP contribution in [-0.2, 0) is 32.5 Å². The lowest BCUT2D eigenvalue weighted by Crippen LogP contribution is -2.39. The van der Waals surface area contributed by atoms with Crippen LogP contribution in [0.3, 0.4) is 0 Å². The van der Waals surface area contributed by atoms with Crippen LogP contribution < -0.4 is 16.0 Å². The third-order valence-corrected chi connectivity index (χ3v) is 13.4. The quantitative estimate of drug-likeness (QED) is 0.0239. The van der Waals surface area contributed by atoms with Gasteiger partial charge in [-0.1, -0.05) is 205 Å². The van der Waals surface area contributed by atoms with Crippen LogP contribution in [0.5, 0.6) is 0 Å². The fourth-order valence-electron chi connectivity index (χ4n) is 7.46. The Bertz CT molecular complexity index is 1660. The Morgan fingerprint density at radius 1 is 0.312 bits per heavy atom. The highest BCUT2D eigenvalue weighted by atomic mass is 31.2. The molecule has 0 radical (unpaired) electrons. The van der Waals surface area contributed by atoms with Gasteiger partial charge in [0.1, 0.15) is 18.7 Å². The Labute approximate surface area is 470 Å². The average Bonchev–Trinajstić information content (AvgIpc) is 3.38. The molecule has 0 fully saturated rings. The lowest BCUT2D eigenvalue weighted by molar-refractivity contribution is -0.123. The maximum Gasteiger partial charge on any atom is 0.480 e. The Hall–Kier alpha value is -4.60. The van der Waals surface area contributed by atoms with E-state index >= 15 is 0 Å². The molecule has 0 heterocycles. The van der Waals surface area contributed by atoms with Gasteiger partial charge in [0.2, 0.25) is 17.7 Å². The minimum Gasteiger partial charge on any atom is -0.330 e. The highest BCUT2D eigenvalue weighted by Crippen LogP contribution is 2.52. The Morgan fingerprint density at radius 2 is 0.494 bits per heavy atom. The van der Waals surface area contributed by atoms with Crippen molar-refractivity contribution in [3.05, 3.63) is 146 Å². The molecule has 3 unspecified atom stereocenters. The van der Waals surface area contributed by atoms with Gasteiger partial charge in [-0.05, 0) is 156 Å². The molecule has 3 atom stereocenters. The molecule has 0 aliphatic heterocycles. The average molecular weight is 1090 g/mol. The Kier molecular flexibility index (Phi) is 52.8. The first-order chi connectivity index (χ1) is 37.5. The third kappa shape index (κ3) is 54.5. The summed E-state index contributed by atoms with van der Waals surface area (Å²) in [5, 5.41) is 8.16. The van der Waals surface area contributed by atoms with E-state index in [0.717, 1.165) is 96.3 Å². The highest BCUT2D eigenvalue weighted by molar-refractivity contribution is 7.48. The van der Waals surface area contributed by atoms with E-state index in [-0.39, 0.29) is 37.0 Å². The first-order valence-corrected chi connectivity index (χ1v) is 31.3. The number of hydrogen-bond acceptors (Lipinski definition) is 7. The second-order valence-electron chi connectivity index (χ2n) is 19.3. The van der Waals surface area contributed by atoms with E-state index in [0.29, 0.717) is 19.3 Å². The maximum atomic E-state index is 14.2. The normalized spacial score (nSPS) is 14.8. The molecule has 434 valence electrons. The number of amides is 3. The molecule has 0 bridgehead atoms. The lowest BCUT2D eigenvalue weighted by atomic mass is 10.2. The topological polar surface area (TPSA) is 132 Å². The molecule has 11 heteroatoms. The highest BCUT2D eigenvalue weighted by Gasteiger charge is 2.35. The van der Waals surface area contributed by atoms with Crippen LogP contribution in [0, 0.1) is 0 Å². The monoisotopic (exact) mass is 1090 g/mol. The summed E-state index contributed by atoms with van der Waals surface area (Å²) in [5.74, 6) is -0.858. The van der Waals surface area contributed by atoms with Gasteiger partial charge in [-0.25, -0.2) is 4.57 Å². The fourth-order valence-corrected chi connectivity index (χ4v) is 8.92. The summed E-state index contributed by atoms with van der Waals surface area (Å²) in [6.07, 6.45) is 76.6. The number of carbonyl (C=O) groups excluding carboxylic acids is 3. The Balaban J connectivity index is 5.05. The molecular weight excluding hydrogens is 978 g/mol. The molecule has 3 amide bonds. The van der Waals surface area contributed by atoms with E-state index in [4.69, 9.17) is 13.6 Å². The van der Waals surface area contributed by atoms with E-state index in [1.807, 2.05) is 0 Å². The van der Waals surface area contributed by atoms with Crippen molar-refractivity contribution >= 4 is 25.5 Å². The van der Waals surface area contributed by atoms with Crippen molar-refractivity contribution < 1.29 is 32.5 Å². The predicted octanol–water partition coefficient (Wildman–Crippen LogP) is 19.0. The van der Waals surface area contributed by atoms with Crippen molar-refractivity contribution in [2.24, 2.45) is 0 Å². The van der Waals surface area contributed by atoms with Crippen molar-refractivity contribution in [2.45, 2.75) is 253 Å². The number of hydrogen-bond donors (Lipinski definition) is 3. The second kappa shape index (κ2) is 56.1. The van der Waals surface area contributed by atoms with Crippen molar-refractivity contribution in [3.63, 3.8) is 0 Å². The smallest absolute Gasteiger partial charge is 0.330 e. The van der Waals surface area contributed by atoms with Gasteiger partial charge in [0.25, 0.3) is 0 Å². The van der Waals surface area contributed by atoms with Gasteiger partial charge >= 0.3 is 7.82 Å². The van der Waals surface area contributed by atoms with Crippen LogP contribution in [0.25, 0.3) is 0 Å². The zero-order chi connectivity index (χ0) is 56.4. The summed E-state index contributed by atoms with van der Waals surface area (Å²) in [6.45, 7) is 11.3. The van der Waals surface area contributed by atoms with E-state index in [2.05, 4.69) is 183 Å². The summed E-state index contributed by atoms with van der Waals surface area (Å²) in [7, 11) is -4.47. The third-order valence-electron chi connectivity index (χ3n) is 11.7. The SMILES string of the molecule is CCCCC/C=C\C/C=C\C/C=C\C/C=C\CCCC(=O)NC(C)OP(=O)(OC(C)NC(=O)CCC/C=C\C/C=C\C/C=C\C/C=C\CCCCC)OC(C)NC(=O)CCC/C=C\C/C=C\C/C=C\C/C=C\CCCCC. The van der Waals surface area contributed by atoms with Crippen LogP contribution in [0.1, 0.15) is 234 Å². The molecule has 0 saturated carbocycles. The van der Waals surface area contributed by atoms with Crippen LogP contribution in [0.4, 0.5) is 0 Å². The molecule has 0 aromatic rings. The van der Waals surface area contributed by atoms with Crippen LogP contribution in [-0.4, -0.2) is 36.4 Å². The summed E-state index contributed by atoms with van der Waals surface area (Å²) in [5.41, 5.74) is 0. The van der Waals surface area contributed by atoms with Crippen LogP contribution >= 0.6 is 7.82 Å². The second-order valence-corrected chi connectivity index (χ2v) is 20.9. The van der Waals surface area contributed by atoms with Crippen LogP contribution in [0.2, 0.25) is 0 Å². The van der Waals surface area contributed by atoms with Crippen molar-refractivity contribution in [1.29, 1.82) is 0 Å². The lowest BCUT2D eigenvalue weighted by Gasteiger charge is -2.27. The van der Waals surface area contributed by atoms with E-state index in [1.54, 1.807) is 0 Å². The number of nitrogens with one attached hydrogen (secondary N) is 3. The molecule has 0 saturated heterocycles. The zero-order valence-electron chi connectivity index (χ0n) is 49.1. The van der Waals surface area contributed by atoms with Gasteiger partial charge in [0.15, 0.2) is 0 Å². The molecule has 77 heavy (non-hydrogen) atoms. The molecule has 0 rings (SSSR count). The minimum atomic E-state index is -4.47. The molecule has 10 nitrogen and oxygen atoms in total. The number of phosphoric acid groups is 1. The molecular formula is C66H108N3O7P. The van der Waals surface area contributed by atoms with Gasteiger partial charge in [-0.2, -0.15) is 0 Å². The number of phosphoric ester groups is 1. The summed E-state index contributed by atoms with van der Waals surface area (Å²) in [4.78, 5) is 38.6. The molecule has 0 aromatic carbocycles. The molecule has 0 aliphatic carbocycles. The first kappa shape index (κ1) is 72.4. The first-order valence-electron chi connectivity index (χ1n) is 29.9. The van der Waals surface area contributed by atoms with E-state index in [9.17, 15) is 18.9 Å². The summed E-state index contributed by atoms with van der Waals surface area (Å²) in [6, 6.07) is 0. The van der Waals surface area contributed by atoms with Gasteiger partial charge < -0.3 is 16.0 Å². The van der Waals surface area contributed by atoms with E-state index < -0.39 is 26.5 Å². The number of rotatable bonds is 51. The Morgan fingerprint density at radius 3 is 0.688 bits per heavy atom. The van der Waals surface area contributed by atoms with Crippen LogP contribution in [0.15, 0.2) is 146 Å². The molecule has 0 aliphatic rings. The van der Waals surface area contributed by atoms with Gasteiger partial charge in [0, 0.05) is 19.3 Å². The largest absolute Gasteiger partial charge is 0.480 e. The summed E-state index contributed by atoms with van der Waals surface area (Å²) >= 11 is 0. The van der Waals surface area contributed by atoms with E-state index in [1.165, 1.54) is 78.6 Å². The predicted molar refractivity (Wildman–Crippen MR) is 329 cm³/mol. The van der Waals surface area contributed by atoms with Gasteiger partial charge in [-0.15, -0.1) is 0 Å². The number of carbonyl (C=O) groups is 3. The minimum absolute atomic E-state index is 0.235. The fraction of sp³-hybridized carbons (Fsp3) is 0.591. The van der Waals surface area contributed by atoms with Gasteiger partial charge in [0.05, 0.1) is 0 Å². The maximum absolute atomic E-state index is 14.2. The van der Waals surface area contributed by atoms with Gasteiger partial charge in [-0.3, -0.25) is 28.0 Å². The van der Waals surface area contributed by atoms with Crippen molar-refractivity contribution in [3.8, 4) is 0 Å². The van der Waals surface area contributed by atoms with Crippen molar-refractivity contribution in [2.75, 3.05) is 0 Å². The standard InChI is InChI=1S/C66H108N3O7P/c1-7-10-13-16-19-22-25-28-31-34-37-40-43-46-49-52-55-58-64(70)67-61(4)74-77(73,75-62(5)68-65(71)59-56-53-50-47-44-41-38-35-32-29-26-23-20-17-14-11-8-2)76-63(6)69-66(72)60-57-54-51-48-45-42-39-36-33-30-27-24-21-18-15-12-9-3/h19-24,28-33,37-42,46-51,61-63H,7-18,25-27,34-36,43-45,52-60H2,1-6H3,(H,67,70)(H,68,71)(H,69,72)/b22-19-,23-20-,24-21-,31-28-,32-29-,33-30-,40-37-,41-38-,42-39-,49-46-,50-47-,51-48-. The molecule has 3 N–H and O–H groups in total. The van der Waals surface area contributed by atoms with Crippen molar-refractivity contribution in [1.82, 2.24) is 16.0 Å².